The van der Waals surface area contributed by atoms with Crippen LogP contribution in [-0.2, 0) is 10.0 Å². The van der Waals surface area contributed by atoms with Crippen molar-refractivity contribution in [1.82, 2.24) is 9.62 Å². The number of nitrogens with one attached hydrogen (secondary N) is 1. The number of hydrogen-bond acceptors (Lipinski definition) is 4. The van der Waals surface area contributed by atoms with Crippen LogP contribution in [0.15, 0.2) is 0 Å². The van der Waals surface area contributed by atoms with Crippen LogP contribution in [0.25, 0.3) is 0 Å². The van der Waals surface area contributed by atoms with Gasteiger partial charge in [0, 0.05) is 13.1 Å². The lowest BCUT2D eigenvalue weighted by molar-refractivity contribution is -0.00279. The molecule has 2 unspecified atom stereocenters. The molecule has 2 heterocycles. The fraction of sp³-hybridized carbons (Fsp3) is 1.00. The van der Waals surface area contributed by atoms with Crippen LogP contribution in [0.2, 0.25) is 0 Å². The molecule has 0 aromatic rings. The maximum atomic E-state index is 11.6. The maximum Gasteiger partial charge on any atom is 0.211 e. The molecule has 0 aromatic heterocycles. The van der Waals surface area contributed by atoms with Gasteiger partial charge in [-0.3, -0.25) is 0 Å². The minimum absolute atomic E-state index is 0.298. The molecule has 2 N–H and O–H groups in total. The highest BCUT2D eigenvalue weighted by atomic mass is 32.2. The summed E-state index contributed by atoms with van der Waals surface area (Å²) in [6.07, 6.45) is 6.56. The van der Waals surface area contributed by atoms with Crippen molar-refractivity contribution in [3.8, 4) is 0 Å². The quantitative estimate of drug-likeness (QED) is 0.796. The minimum atomic E-state index is -3.09. The molecule has 2 atom stereocenters. The molecule has 0 saturated carbocycles. The standard InChI is InChI=1S/C13H26N2O3S/c1-19(17,18)15-9-2-4-12(11-15)10-13(16)5-3-7-14-8-6-13/h12,14,16H,2-11H2,1H3. The van der Waals surface area contributed by atoms with Crippen molar-refractivity contribution in [2.45, 2.75) is 44.1 Å². The number of hydrogen-bond donors (Lipinski definition) is 2. The molecule has 2 rings (SSSR count). The average Bonchev–Trinajstić information content (AvgIpc) is 2.53. The Kier molecular flexibility index (Phi) is 4.87. The van der Waals surface area contributed by atoms with Gasteiger partial charge < -0.3 is 10.4 Å². The van der Waals surface area contributed by atoms with Gasteiger partial charge in [0.15, 0.2) is 0 Å². The van der Waals surface area contributed by atoms with E-state index >= 15 is 0 Å². The van der Waals surface area contributed by atoms with Gasteiger partial charge in [-0.05, 0) is 57.5 Å². The van der Waals surface area contributed by atoms with Gasteiger partial charge in [0.2, 0.25) is 10.0 Å². The summed E-state index contributed by atoms with van der Waals surface area (Å²) in [6, 6.07) is 0. The summed E-state index contributed by atoms with van der Waals surface area (Å²) in [5.41, 5.74) is -0.602. The van der Waals surface area contributed by atoms with Crippen molar-refractivity contribution < 1.29 is 13.5 Å². The van der Waals surface area contributed by atoms with Crippen LogP contribution in [-0.4, -0.2) is 55.9 Å². The lowest BCUT2D eigenvalue weighted by atomic mass is 9.82. The van der Waals surface area contributed by atoms with Crippen LogP contribution < -0.4 is 5.32 Å². The third-order valence-electron chi connectivity index (χ3n) is 4.38. The van der Waals surface area contributed by atoms with Crippen molar-refractivity contribution in [2.75, 3.05) is 32.4 Å². The number of nitrogens with zero attached hydrogens (tertiary/aromatic N) is 1. The van der Waals surface area contributed by atoms with E-state index in [1.54, 1.807) is 4.31 Å². The molecule has 6 heteroatoms. The molecular formula is C13H26N2O3S. The Morgan fingerprint density at radius 3 is 2.84 bits per heavy atom. The Morgan fingerprint density at radius 2 is 2.11 bits per heavy atom. The second kappa shape index (κ2) is 6.08. The Labute approximate surface area is 116 Å². The summed E-state index contributed by atoms with van der Waals surface area (Å²) in [7, 11) is -3.09. The van der Waals surface area contributed by atoms with Gasteiger partial charge >= 0.3 is 0 Å². The summed E-state index contributed by atoms with van der Waals surface area (Å²) in [6.45, 7) is 3.05. The molecule has 0 aromatic carbocycles. The van der Waals surface area contributed by atoms with Gasteiger partial charge in [0.05, 0.1) is 11.9 Å². The van der Waals surface area contributed by atoms with E-state index in [1.807, 2.05) is 0 Å². The first-order valence-electron chi connectivity index (χ1n) is 7.27. The van der Waals surface area contributed by atoms with E-state index in [0.29, 0.717) is 19.0 Å². The van der Waals surface area contributed by atoms with Gasteiger partial charge in [0.1, 0.15) is 0 Å². The molecular weight excluding hydrogens is 264 g/mol. The van der Waals surface area contributed by atoms with Crippen molar-refractivity contribution in [3.05, 3.63) is 0 Å². The second-order valence-electron chi connectivity index (χ2n) is 6.16. The molecule has 0 aliphatic carbocycles. The first-order chi connectivity index (χ1) is 8.89. The molecule has 0 amide bonds. The molecule has 0 spiro atoms. The smallest absolute Gasteiger partial charge is 0.211 e. The first-order valence-corrected chi connectivity index (χ1v) is 9.12. The summed E-state index contributed by atoms with van der Waals surface area (Å²) in [4.78, 5) is 0. The molecule has 0 radical (unpaired) electrons. The van der Waals surface area contributed by atoms with Crippen LogP contribution in [0.5, 0.6) is 0 Å². The van der Waals surface area contributed by atoms with Crippen LogP contribution in [0.3, 0.4) is 0 Å². The molecule has 0 bridgehead atoms. The highest BCUT2D eigenvalue weighted by Crippen LogP contribution is 2.32. The Hall–Kier alpha value is -0.170. The number of sulfonamides is 1. The van der Waals surface area contributed by atoms with Crippen molar-refractivity contribution >= 4 is 10.0 Å². The first kappa shape index (κ1) is 15.2. The lowest BCUT2D eigenvalue weighted by Crippen LogP contribution is -2.42. The molecule has 5 nitrogen and oxygen atoms in total. The highest BCUT2D eigenvalue weighted by Gasteiger charge is 2.34. The van der Waals surface area contributed by atoms with E-state index in [-0.39, 0.29) is 0 Å². The monoisotopic (exact) mass is 290 g/mol. The van der Waals surface area contributed by atoms with Gasteiger partial charge in [-0.15, -0.1) is 0 Å². The summed E-state index contributed by atoms with van der Waals surface area (Å²) < 4.78 is 24.8. The Balaban J connectivity index is 1.94. The van der Waals surface area contributed by atoms with Crippen LogP contribution in [0.1, 0.15) is 38.5 Å². The number of aliphatic hydroxyl groups is 1. The molecule has 19 heavy (non-hydrogen) atoms. The number of rotatable bonds is 3. The maximum absolute atomic E-state index is 11.6. The predicted molar refractivity (Wildman–Crippen MR) is 75.4 cm³/mol. The highest BCUT2D eigenvalue weighted by molar-refractivity contribution is 7.88. The van der Waals surface area contributed by atoms with Crippen molar-refractivity contribution in [2.24, 2.45) is 5.92 Å². The summed E-state index contributed by atoms with van der Waals surface area (Å²) >= 11 is 0. The van der Waals surface area contributed by atoms with Crippen LogP contribution >= 0.6 is 0 Å². The zero-order valence-corrected chi connectivity index (χ0v) is 12.6. The molecule has 2 aliphatic heterocycles. The van der Waals surface area contributed by atoms with E-state index in [4.69, 9.17) is 0 Å². The van der Waals surface area contributed by atoms with Gasteiger partial charge in [-0.1, -0.05) is 0 Å². The number of piperidine rings is 1. The minimum Gasteiger partial charge on any atom is -0.390 e. The second-order valence-corrected chi connectivity index (χ2v) is 8.14. The van der Waals surface area contributed by atoms with Crippen molar-refractivity contribution in [1.29, 1.82) is 0 Å². The van der Waals surface area contributed by atoms with Crippen molar-refractivity contribution in [3.63, 3.8) is 0 Å². The van der Waals surface area contributed by atoms with Crippen LogP contribution in [0, 0.1) is 5.92 Å². The topological polar surface area (TPSA) is 69.6 Å². The molecule has 2 aliphatic rings. The normalized spacial score (nSPS) is 34.9. The summed E-state index contributed by atoms with van der Waals surface area (Å²) in [5, 5.41) is 14.0. The van der Waals surface area contributed by atoms with Crippen LogP contribution in [0.4, 0.5) is 0 Å². The SMILES string of the molecule is CS(=O)(=O)N1CCCC(CC2(O)CCCNCC2)C1. The zero-order valence-electron chi connectivity index (χ0n) is 11.8. The largest absolute Gasteiger partial charge is 0.390 e. The fourth-order valence-corrected chi connectivity index (χ4v) is 4.29. The van der Waals surface area contributed by atoms with E-state index < -0.39 is 15.6 Å². The Bertz CT molecular complexity index is 389. The molecule has 112 valence electrons. The van der Waals surface area contributed by atoms with E-state index in [1.165, 1.54) is 6.26 Å². The average molecular weight is 290 g/mol. The zero-order chi connectivity index (χ0) is 13.9. The Morgan fingerprint density at radius 1 is 1.32 bits per heavy atom. The predicted octanol–water partition coefficient (Wildman–Crippen LogP) is 0.553. The lowest BCUT2D eigenvalue weighted by Gasteiger charge is -2.36. The third-order valence-corrected chi connectivity index (χ3v) is 5.65. The van der Waals surface area contributed by atoms with E-state index in [9.17, 15) is 13.5 Å². The van der Waals surface area contributed by atoms with E-state index in [2.05, 4.69) is 5.32 Å². The fourth-order valence-electron chi connectivity index (χ4n) is 3.35. The molecule has 2 saturated heterocycles. The summed E-state index contributed by atoms with van der Waals surface area (Å²) in [5.74, 6) is 0.298. The third kappa shape index (κ3) is 4.41. The van der Waals surface area contributed by atoms with Gasteiger partial charge in [-0.25, -0.2) is 12.7 Å². The van der Waals surface area contributed by atoms with Gasteiger partial charge in [-0.2, -0.15) is 0 Å². The molecule has 2 fully saturated rings. The van der Waals surface area contributed by atoms with E-state index in [0.717, 1.165) is 51.6 Å². The van der Waals surface area contributed by atoms with Gasteiger partial charge in [0.25, 0.3) is 0 Å².